The van der Waals surface area contributed by atoms with Crippen molar-refractivity contribution >= 4 is 32.3 Å². The van der Waals surface area contributed by atoms with Gasteiger partial charge in [0.25, 0.3) is 0 Å². The van der Waals surface area contributed by atoms with Gasteiger partial charge in [0.15, 0.2) is 0 Å². The minimum absolute atomic E-state index is 1.27. The Labute approximate surface area is 141 Å². The summed E-state index contributed by atoms with van der Waals surface area (Å²) in [5, 5.41) is 7.84. The van der Waals surface area contributed by atoms with E-state index in [-0.39, 0.29) is 0 Å². The molecular weight excluding hydrogens is 288 g/mol. The van der Waals surface area contributed by atoms with Crippen LogP contribution < -0.4 is 0 Å². The second-order valence-electron chi connectivity index (χ2n) is 6.25. The second kappa shape index (κ2) is 5.21. The van der Waals surface area contributed by atoms with Crippen LogP contribution in [0.2, 0.25) is 0 Å². The first kappa shape index (κ1) is 13.3. The van der Waals surface area contributed by atoms with Gasteiger partial charge in [-0.05, 0) is 55.6 Å². The predicted octanol–water partition coefficient (Wildman–Crippen LogP) is 6.81. The van der Waals surface area contributed by atoms with Crippen LogP contribution in [0.15, 0.2) is 97.1 Å². The third-order valence-corrected chi connectivity index (χ3v) is 4.83. The van der Waals surface area contributed by atoms with Crippen molar-refractivity contribution in [2.45, 2.75) is 0 Å². The summed E-state index contributed by atoms with van der Waals surface area (Å²) in [5.41, 5.74) is 2.56. The summed E-state index contributed by atoms with van der Waals surface area (Å²) < 4.78 is 0. The molecule has 0 saturated heterocycles. The number of rotatable bonds is 1. The van der Waals surface area contributed by atoms with E-state index in [0.29, 0.717) is 0 Å². The molecule has 0 atom stereocenters. The van der Waals surface area contributed by atoms with E-state index >= 15 is 0 Å². The van der Waals surface area contributed by atoms with E-state index in [1.54, 1.807) is 0 Å². The first-order valence-corrected chi connectivity index (χ1v) is 8.30. The van der Waals surface area contributed by atoms with Crippen LogP contribution in [0, 0.1) is 0 Å². The number of hydrogen-bond donors (Lipinski definition) is 0. The van der Waals surface area contributed by atoms with E-state index in [4.69, 9.17) is 0 Å². The predicted molar refractivity (Wildman–Crippen MR) is 104 cm³/mol. The van der Waals surface area contributed by atoms with Crippen molar-refractivity contribution < 1.29 is 0 Å². The highest BCUT2D eigenvalue weighted by atomic mass is 14.1. The summed E-state index contributed by atoms with van der Waals surface area (Å²) >= 11 is 0. The Morgan fingerprint density at radius 3 is 1.96 bits per heavy atom. The van der Waals surface area contributed by atoms with Crippen molar-refractivity contribution in [3.8, 4) is 11.1 Å². The molecule has 0 aliphatic rings. The minimum Gasteiger partial charge on any atom is -0.0622 e. The van der Waals surface area contributed by atoms with Crippen LogP contribution in [-0.4, -0.2) is 0 Å². The second-order valence-corrected chi connectivity index (χ2v) is 6.25. The molecular formula is C24H16. The Morgan fingerprint density at radius 1 is 0.375 bits per heavy atom. The number of hydrogen-bond acceptors (Lipinski definition) is 0. The SMILES string of the molecule is c1ccc(-c2cccc3cc4c(ccc5ccccc54)cc23)cc1. The fourth-order valence-electron chi connectivity index (χ4n) is 3.65. The molecule has 0 fully saturated rings. The lowest BCUT2D eigenvalue weighted by Gasteiger charge is -2.10. The maximum Gasteiger partial charge on any atom is -0.00990 e. The zero-order valence-electron chi connectivity index (χ0n) is 13.2. The molecule has 5 rings (SSSR count). The molecule has 0 nitrogen and oxygen atoms in total. The fourth-order valence-corrected chi connectivity index (χ4v) is 3.65. The highest BCUT2D eigenvalue weighted by Gasteiger charge is 2.07. The van der Waals surface area contributed by atoms with Gasteiger partial charge in [0, 0.05) is 0 Å². The van der Waals surface area contributed by atoms with Crippen molar-refractivity contribution in [2.75, 3.05) is 0 Å². The van der Waals surface area contributed by atoms with Gasteiger partial charge in [0.05, 0.1) is 0 Å². The lowest BCUT2D eigenvalue weighted by molar-refractivity contribution is 1.66. The van der Waals surface area contributed by atoms with Gasteiger partial charge in [-0.3, -0.25) is 0 Å². The molecule has 112 valence electrons. The zero-order chi connectivity index (χ0) is 15.9. The summed E-state index contributed by atoms with van der Waals surface area (Å²) in [4.78, 5) is 0. The molecule has 5 aromatic rings. The van der Waals surface area contributed by atoms with Gasteiger partial charge in [0.1, 0.15) is 0 Å². The van der Waals surface area contributed by atoms with E-state index in [1.165, 1.54) is 43.4 Å². The monoisotopic (exact) mass is 304 g/mol. The molecule has 0 aromatic heterocycles. The summed E-state index contributed by atoms with van der Waals surface area (Å²) in [6, 6.07) is 34.9. The van der Waals surface area contributed by atoms with Crippen LogP contribution >= 0.6 is 0 Å². The Kier molecular flexibility index (Phi) is 2.89. The Morgan fingerprint density at radius 2 is 1.04 bits per heavy atom. The molecule has 0 bridgehead atoms. The van der Waals surface area contributed by atoms with Gasteiger partial charge < -0.3 is 0 Å². The summed E-state index contributed by atoms with van der Waals surface area (Å²) in [7, 11) is 0. The standard InChI is InChI=1S/C24H16/c1-2-7-17(8-3-1)22-12-6-10-19-15-24-20(16-23(19)22)14-13-18-9-4-5-11-21(18)24/h1-16H. The van der Waals surface area contributed by atoms with Gasteiger partial charge >= 0.3 is 0 Å². The third kappa shape index (κ3) is 2.00. The van der Waals surface area contributed by atoms with Crippen molar-refractivity contribution in [1.82, 2.24) is 0 Å². The van der Waals surface area contributed by atoms with Gasteiger partial charge in [-0.1, -0.05) is 84.9 Å². The molecule has 0 aliphatic carbocycles. The smallest absolute Gasteiger partial charge is 0.00990 e. The maximum atomic E-state index is 2.33. The zero-order valence-corrected chi connectivity index (χ0v) is 13.2. The minimum atomic E-state index is 1.27. The normalized spacial score (nSPS) is 11.3. The third-order valence-electron chi connectivity index (χ3n) is 4.83. The van der Waals surface area contributed by atoms with Crippen LogP contribution in [0.3, 0.4) is 0 Å². The van der Waals surface area contributed by atoms with Gasteiger partial charge in [-0.2, -0.15) is 0 Å². The van der Waals surface area contributed by atoms with E-state index < -0.39 is 0 Å². The van der Waals surface area contributed by atoms with Crippen LogP contribution in [0.5, 0.6) is 0 Å². The molecule has 0 aliphatic heterocycles. The molecule has 0 radical (unpaired) electrons. The van der Waals surface area contributed by atoms with Crippen molar-refractivity contribution in [1.29, 1.82) is 0 Å². The highest BCUT2D eigenvalue weighted by Crippen LogP contribution is 2.34. The first-order valence-electron chi connectivity index (χ1n) is 8.30. The first-order chi connectivity index (χ1) is 11.9. The largest absolute Gasteiger partial charge is 0.0622 e. The van der Waals surface area contributed by atoms with Crippen molar-refractivity contribution in [3.05, 3.63) is 97.1 Å². The average molecular weight is 304 g/mol. The number of fused-ring (bicyclic) bond motifs is 4. The molecule has 0 heterocycles. The molecule has 24 heavy (non-hydrogen) atoms. The average Bonchev–Trinajstić information content (AvgIpc) is 2.66. The van der Waals surface area contributed by atoms with Crippen LogP contribution in [0.4, 0.5) is 0 Å². The maximum absolute atomic E-state index is 2.33. The Bertz CT molecular complexity index is 1180. The molecule has 0 spiro atoms. The molecule has 0 amide bonds. The van der Waals surface area contributed by atoms with Crippen LogP contribution in [-0.2, 0) is 0 Å². The van der Waals surface area contributed by atoms with E-state index in [9.17, 15) is 0 Å². The van der Waals surface area contributed by atoms with Gasteiger partial charge in [-0.25, -0.2) is 0 Å². The Hall–Kier alpha value is -3.12. The summed E-state index contributed by atoms with van der Waals surface area (Å²) in [6.07, 6.45) is 0. The van der Waals surface area contributed by atoms with Crippen LogP contribution in [0.25, 0.3) is 43.4 Å². The summed E-state index contributed by atoms with van der Waals surface area (Å²) in [5.74, 6) is 0. The highest BCUT2D eigenvalue weighted by molar-refractivity contribution is 6.14. The van der Waals surface area contributed by atoms with E-state index in [0.717, 1.165) is 0 Å². The van der Waals surface area contributed by atoms with Crippen LogP contribution in [0.1, 0.15) is 0 Å². The molecule has 5 aromatic carbocycles. The van der Waals surface area contributed by atoms with Gasteiger partial charge in [0.2, 0.25) is 0 Å². The van der Waals surface area contributed by atoms with E-state index in [2.05, 4.69) is 97.1 Å². The lowest BCUT2D eigenvalue weighted by atomic mass is 9.94. The number of benzene rings is 5. The Balaban J connectivity index is 1.90. The van der Waals surface area contributed by atoms with Crippen molar-refractivity contribution in [3.63, 3.8) is 0 Å². The molecule has 0 heteroatoms. The lowest BCUT2D eigenvalue weighted by Crippen LogP contribution is -1.83. The molecule has 0 unspecified atom stereocenters. The summed E-state index contributed by atoms with van der Waals surface area (Å²) in [6.45, 7) is 0. The van der Waals surface area contributed by atoms with Crippen molar-refractivity contribution in [2.24, 2.45) is 0 Å². The molecule has 0 saturated carbocycles. The molecule has 0 N–H and O–H groups in total. The quantitative estimate of drug-likeness (QED) is 0.235. The topological polar surface area (TPSA) is 0 Å². The van der Waals surface area contributed by atoms with Gasteiger partial charge in [-0.15, -0.1) is 0 Å². The van der Waals surface area contributed by atoms with E-state index in [1.807, 2.05) is 0 Å². The fraction of sp³-hybridized carbons (Fsp3) is 0.